The number of nitrogens with zero attached hydrogens (tertiary/aromatic N) is 1. The van der Waals surface area contributed by atoms with Crippen molar-refractivity contribution in [2.75, 3.05) is 19.7 Å². The van der Waals surface area contributed by atoms with Crippen LogP contribution in [-0.2, 0) is 4.79 Å². The number of rotatable bonds is 6. The molecule has 2 unspecified atom stereocenters. The molecule has 1 saturated heterocycles. The van der Waals surface area contributed by atoms with Crippen LogP contribution in [-0.4, -0.2) is 35.7 Å². The summed E-state index contributed by atoms with van der Waals surface area (Å²) in [5.74, 6) is -0.691. The molecular weight excluding hydrogens is 333 g/mol. The predicted octanol–water partition coefficient (Wildman–Crippen LogP) is 4.11. The Kier molecular flexibility index (Phi) is 5.89. The zero-order chi connectivity index (χ0) is 18.5. The minimum atomic E-state index is -0.768. The van der Waals surface area contributed by atoms with Crippen molar-refractivity contribution in [2.24, 2.45) is 5.92 Å². The number of benzene rings is 2. The van der Waals surface area contributed by atoms with Crippen LogP contribution >= 0.6 is 0 Å². The van der Waals surface area contributed by atoms with Gasteiger partial charge in [0.1, 0.15) is 11.6 Å². The van der Waals surface area contributed by atoms with E-state index in [0.717, 1.165) is 29.8 Å². The third-order valence-electron chi connectivity index (χ3n) is 4.82. The zero-order valence-electron chi connectivity index (χ0n) is 14.9. The number of likely N-dealkylation sites (tertiary alicyclic amines) is 1. The molecule has 3 rings (SSSR count). The molecule has 4 nitrogen and oxygen atoms in total. The molecule has 0 spiro atoms. The number of carbonyl (C=O) groups is 1. The Morgan fingerprint density at radius 3 is 2.69 bits per heavy atom. The maximum Gasteiger partial charge on any atom is 0.307 e. The highest BCUT2D eigenvalue weighted by Gasteiger charge is 2.31. The van der Waals surface area contributed by atoms with Gasteiger partial charge in [-0.15, -0.1) is 0 Å². The lowest BCUT2D eigenvalue weighted by Gasteiger charge is -2.37. The Hall–Kier alpha value is -2.40. The van der Waals surface area contributed by atoms with E-state index in [9.17, 15) is 14.3 Å². The number of aliphatic carboxylic acids is 1. The quantitative estimate of drug-likeness (QED) is 0.845. The Labute approximate surface area is 153 Å². The van der Waals surface area contributed by atoms with Crippen molar-refractivity contribution in [1.82, 2.24) is 4.90 Å². The van der Waals surface area contributed by atoms with E-state index in [1.54, 1.807) is 6.07 Å². The van der Waals surface area contributed by atoms with Crippen molar-refractivity contribution in [2.45, 2.75) is 25.8 Å². The highest BCUT2D eigenvalue weighted by molar-refractivity contribution is 5.70. The SMILES string of the molecule is CCOc1cccc(C(c2cccc(F)c2)N2CCCC(C(=O)O)C2)c1. The van der Waals surface area contributed by atoms with Crippen molar-refractivity contribution >= 4 is 5.97 Å². The molecule has 1 N–H and O–H groups in total. The normalized spacial score (nSPS) is 19.1. The molecule has 1 aliphatic heterocycles. The van der Waals surface area contributed by atoms with E-state index in [-0.39, 0.29) is 11.9 Å². The summed E-state index contributed by atoms with van der Waals surface area (Å²) in [7, 11) is 0. The number of halogens is 1. The lowest BCUT2D eigenvalue weighted by molar-refractivity contribution is -0.143. The first-order valence-corrected chi connectivity index (χ1v) is 9.03. The van der Waals surface area contributed by atoms with Crippen LogP contribution in [0.15, 0.2) is 48.5 Å². The summed E-state index contributed by atoms with van der Waals surface area (Å²) >= 11 is 0. The fourth-order valence-corrected chi connectivity index (χ4v) is 3.67. The van der Waals surface area contributed by atoms with Crippen LogP contribution in [0, 0.1) is 11.7 Å². The van der Waals surface area contributed by atoms with Gasteiger partial charge < -0.3 is 9.84 Å². The highest BCUT2D eigenvalue weighted by atomic mass is 19.1. The van der Waals surface area contributed by atoms with E-state index >= 15 is 0 Å². The van der Waals surface area contributed by atoms with Gasteiger partial charge in [0, 0.05) is 6.54 Å². The molecule has 1 heterocycles. The molecule has 5 heteroatoms. The molecule has 0 saturated carbocycles. The predicted molar refractivity (Wildman–Crippen MR) is 97.8 cm³/mol. The van der Waals surface area contributed by atoms with E-state index in [0.29, 0.717) is 19.6 Å². The van der Waals surface area contributed by atoms with Gasteiger partial charge in [-0.25, -0.2) is 4.39 Å². The Bertz CT molecular complexity index is 764. The summed E-state index contributed by atoms with van der Waals surface area (Å²) in [6.07, 6.45) is 1.49. The molecule has 138 valence electrons. The van der Waals surface area contributed by atoms with Crippen molar-refractivity contribution in [3.05, 3.63) is 65.5 Å². The van der Waals surface area contributed by atoms with Gasteiger partial charge in [0.25, 0.3) is 0 Å². The number of piperidine rings is 1. The second-order valence-electron chi connectivity index (χ2n) is 6.64. The first-order valence-electron chi connectivity index (χ1n) is 9.03. The molecule has 0 aliphatic carbocycles. The molecule has 0 aromatic heterocycles. The number of hydrogen-bond donors (Lipinski definition) is 1. The van der Waals surface area contributed by atoms with E-state index in [1.165, 1.54) is 12.1 Å². The Morgan fingerprint density at radius 2 is 2.00 bits per heavy atom. The third-order valence-corrected chi connectivity index (χ3v) is 4.82. The summed E-state index contributed by atoms with van der Waals surface area (Å²) in [6, 6.07) is 14.1. The van der Waals surface area contributed by atoms with E-state index in [1.807, 2.05) is 37.3 Å². The topological polar surface area (TPSA) is 49.8 Å². The summed E-state index contributed by atoms with van der Waals surface area (Å²) in [6.45, 7) is 3.73. The third kappa shape index (κ3) is 4.22. The van der Waals surface area contributed by atoms with Gasteiger partial charge in [-0.2, -0.15) is 0 Å². The van der Waals surface area contributed by atoms with Crippen LogP contribution in [0.2, 0.25) is 0 Å². The molecule has 2 aromatic rings. The van der Waals surface area contributed by atoms with Gasteiger partial charge in [0.15, 0.2) is 0 Å². The molecule has 1 fully saturated rings. The summed E-state index contributed by atoms with van der Waals surface area (Å²) in [5, 5.41) is 9.43. The molecular formula is C21H24FNO3. The molecule has 26 heavy (non-hydrogen) atoms. The highest BCUT2D eigenvalue weighted by Crippen LogP contribution is 2.34. The monoisotopic (exact) mass is 357 g/mol. The van der Waals surface area contributed by atoms with Crippen LogP contribution in [0.5, 0.6) is 5.75 Å². The molecule has 0 amide bonds. The van der Waals surface area contributed by atoms with Crippen molar-refractivity contribution in [3.63, 3.8) is 0 Å². The second kappa shape index (κ2) is 8.32. The molecule has 2 aromatic carbocycles. The Balaban J connectivity index is 1.99. The van der Waals surface area contributed by atoms with Gasteiger partial charge in [-0.1, -0.05) is 24.3 Å². The van der Waals surface area contributed by atoms with Crippen LogP contribution < -0.4 is 4.74 Å². The van der Waals surface area contributed by atoms with Gasteiger partial charge in [-0.3, -0.25) is 9.69 Å². The standard InChI is InChI=1S/C21H24FNO3/c1-2-26-19-10-4-7-16(13-19)20(15-6-3-9-18(22)12-15)23-11-5-8-17(14-23)21(24)25/h3-4,6-7,9-10,12-13,17,20H,2,5,8,11,14H2,1H3,(H,24,25). The number of hydrogen-bond acceptors (Lipinski definition) is 3. The first kappa shape index (κ1) is 18.4. The van der Waals surface area contributed by atoms with Crippen molar-refractivity contribution in [1.29, 1.82) is 0 Å². The van der Waals surface area contributed by atoms with Gasteiger partial charge in [-0.05, 0) is 61.7 Å². The van der Waals surface area contributed by atoms with Crippen molar-refractivity contribution < 1.29 is 19.0 Å². The van der Waals surface area contributed by atoms with Gasteiger partial charge in [0.2, 0.25) is 0 Å². The van der Waals surface area contributed by atoms with Crippen molar-refractivity contribution in [3.8, 4) is 5.75 Å². The smallest absolute Gasteiger partial charge is 0.307 e. The van der Waals surface area contributed by atoms with Crippen LogP contribution in [0.25, 0.3) is 0 Å². The lowest BCUT2D eigenvalue weighted by atomic mass is 9.91. The zero-order valence-corrected chi connectivity index (χ0v) is 14.9. The van der Waals surface area contributed by atoms with E-state index in [2.05, 4.69) is 4.90 Å². The summed E-state index contributed by atoms with van der Waals surface area (Å²) in [5.41, 5.74) is 1.80. The number of carboxylic acids is 1. The molecule has 2 atom stereocenters. The summed E-state index contributed by atoms with van der Waals surface area (Å²) in [4.78, 5) is 13.6. The molecule has 0 radical (unpaired) electrons. The van der Waals surface area contributed by atoms with E-state index in [4.69, 9.17) is 4.74 Å². The molecule has 0 bridgehead atoms. The first-order chi connectivity index (χ1) is 12.6. The van der Waals surface area contributed by atoms with Crippen LogP contribution in [0.3, 0.4) is 0 Å². The van der Waals surface area contributed by atoms with E-state index < -0.39 is 11.9 Å². The van der Waals surface area contributed by atoms with Crippen LogP contribution in [0.1, 0.15) is 36.9 Å². The maximum absolute atomic E-state index is 13.9. The van der Waals surface area contributed by atoms with Gasteiger partial charge >= 0.3 is 5.97 Å². The maximum atomic E-state index is 13.9. The Morgan fingerprint density at radius 1 is 1.27 bits per heavy atom. The fraction of sp³-hybridized carbons (Fsp3) is 0.381. The number of carboxylic acid groups (broad SMARTS) is 1. The molecule has 1 aliphatic rings. The minimum Gasteiger partial charge on any atom is -0.494 e. The lowest BCUT2D eigenvalue weighted by Crippen LogP contribution is -2.41. The average molecular weight is 357 g/mol. The second-order valence-corrected chi connectivity index (χ2v) is 6.64. The average Bonchev–Trinajstić information content (AvgIpc) is 2.63. The van der Waals surface area contributed by atoms with Crippen LogP contribution in [0.4, 0.5) is 4.39 Å². The minimum absolute atomic E-state index is 0.201. The fourth-order valence-electron chi connectivity index (χ4n) is 3.67. The largest absolute Gasteiger partial charge is 0.494 e. The summed E-state index contributed by atoms with van der Waals surface area (Å²) < 4.78 is 19.5. The van der Waals surface area contributed by atoms with Gasteiger partial charge in [0.05, 0.1) is 18.6 Å². The number of ether oxygens (including phenoxy) is 1.